The van der Waals surface area contributed by atoms with Crippen LogP contribution in [0.5, 0.6) is 11.5 Å². The highest BCUT2D eigenvalue weighted by atomic mass is 127. The second-order valence-corrected chi connectivity index (χ2v) is 6.38. The van der Waals surface area contributed by atoms with Crippen LogP contribution in [0.2, 0.25) is 0 Å². The number of hydrogen-bond donors (Lipinski definition) is 2. The van der Waals surface area contributed by atoms with E-state index in [0.717, 1.165) is 11.4 Å². The van der Waals surface area contributed by atoms with Crippen LogP contribution in [-0.4, -0.2) is 40.8 Å². The molecule has 28 heavy (non-hydrogen) atoms. The highest BCUT2D eigenvalue weighted by Gasteiger charge is 2.09. The van der Waals surface area contributed by atoms with Crippen molar-refractivity contribution in [2.24, 2.45) is 4.99 Å². The molecule has 2 aromatic carbocycles. The van der Waals surface area contributed by atoms with E-state index >= 15 is 0 Å². The summed E-state index contributed by atoms with van der Waals surface area (Å²) in [7, 11) is 7.49. The number of halogens is 1. The van der Waals surface area contributed by atoms with Crippen molar-refractivity contribution in [2.45, 2.75) is 20.4 Å². The third-order valence-electron chi connectivity index (χ3n) is 4.12. The van der Waals surface area contributed by atoms with E-state index in [2.05, 4.69) is 59.7 Å². The van der Waals surface area contributed by atoms with Gasteiger partial charge in [-0.1, -0.05) is 12.1 Å². The number of anilines is 2. The van der Waals surface area contributed by atoms with Crippen LogP contribution in [0.25, 0.3) is 0 Å². The van der Waals surface area contributed by atoms with Gasteiger partial charge in [0.15, 0.2) is 17.5 Å². The number of nitrogens with zero attached hydrogens (tertiary/aromatic N) is 2. The zero-order valence-corrected chi connectivity index (χ0v) is 19.8. The van der Waals surface area contributed by atoms with Crippen LogP contribution in [0.4, 0.5) is 11.4 Å². The Kier molecular flexibility index (Phi) is 9.92. The van der Waals surface area contributed by atoms with Gasteiger partial charge in [-0.3, -0.25) is 4.99 Å². The number of rotatable bonds is 7. The monoisotopic (exact) mass is 498 g/mol. The predicted molar refractivity (Wildman–Crippen MR) is 129 cm³/mol. The molecule has 0 aliphatic carbocycles. The summed E-state index contributed by atoms with van der Waals surface area (Å²) in [4.78, 5) is 6.44. The lowest BCUT2D eigenvalue weighted by Crippen LogP contribution is -2.30. The first-order valence-electron chi connectivity index (χ1n) is 9.03. The lowest BCUT2D eigenvalue weighted by molar-refractivity contribution is 0.311. The summed E-state index contributed by atoms with van der Waals surface area (Å²) in [6, 6.07) is 12.2. The lowest BCUT2D eigenvalue weighted by atomic mass is 10.1. The van der Waals surface area contributed by atoms with Gasteiger partial charge in [-0.2, -0.15) is 0 Å². The molecule has 0 unspecified atom stereocenters. The first kappa shape index (κ1) is 23.9. The molecule has 0 atom stereocenters. The Bertz CT molecular complexity index is 794. The normalized spacial score (nSPS) is 10.7. The number of nitrogens with one attached hydrogen (secondary N) is 2. The number of aryl methyl sites for hydroxylation is 1. The molecule has 2 rings (SSSR count). The Balaban J connectivity index is 0.00000392. The highest BCUT2D eigenvalue weighted by Crippen LogP contribution is 2.30. The van der Waals surface area contributed by atoms with Crippen LogP contribution < -0.4 is 25.0 Å². The number of hydrogen-bond acceptors (Lipinski definition) is 4. The summed E-state index contributed by atoms with van der Waals surface area (Å²) in [6.45, 7) is 5.31. The largest absolute Gasteiger partial charge is 0.493 e. The quantitative estimate of drug-likeness (QED) is 0.339. The van der Waals surface area contributed by atoms with E-state index in [-0.39, 0.29) is 24.0 Å². The van der Waals surface area contributed by atoms with Crippen LogP contribution in [0.3, 0.4) is 0 Å². The molecule has 0 heterocycles. The standard InChI is InChI=1S/C21H30N4O2.HI/c1-7-27-19-11-10-17(13-20(19)26-6)24-21(22-3)23-14-16-9-8-15(2)12-18(16)25(4)5;/h8-13H,7,14H2,1-6H3,(H2,22,23,24);1H. The predicted octanol–water partition coefficient (Wildman–Crippen LogP) is 4.27. The molecule has 0 saturated heterocycles. The Morgan fingerprint density at radius 2 is 1.86 bits per heavy atom. The van der Waals surface area contributed by atoms with Gasteiger partial charge >= 0.3 is 0 Å². The Hall–Kier alpha value is -2.16. The van der Waals surface area contributed by atoms with Crippen molar-refractivity contribution in [3.8, 4) is 11.5 Å². The average Bonchev–Trinajstić information content (AvgIpc) is 2.66. The summed E-state index contributed by atoms with van der Waals surface area (Å²) < 4.78 is 11.0. The zero-order chi connectivity index (χ0) is 19.8. The van der Waals surface area contributed by atoms with Crippen molar-refractivity contribution in [3.63, 3.8) is 0 Å². The Morgan fingerprint density at radius 1 is 1.11 bits per heavy atom. The molecule has 0 radical (unpaired) electrons. The van der Waals surface area contributed by atoms with Crippen LogP contribution in [-0.2, 0) is 6.54 Å². The second kappa shape index (κ2) is 11.6. The van der Waals surface area contributed by atoms with E-state index in [1.54, 1.807) is 14.2 Å². The third-order valence-corrected chi connectivity index (χ3v) is 4.12. The van der Waals surface area contributed by atoms with Crippen molar-refractivity contribution in [2.75, 3.05) is 45.1 Å². The van der Waals surface area contributed by atoms with Gasteiger partial charge in [0, 0.05) is 45.1 Å². The SMILES string of the molecule is CCOc1ccc(NC(=NC)NCc2ccc(C)cc2N(C)C)cc1OC.I. The van der Waals surface area contributed by atoms with E-state index in [1.165, 1.54) is 16.8 Å². The maximum absolute atomic E-state index is 5.56. The number of benzene rings is 2. The summed E-state index contributed by atoms with van der Waals surface area (Å²) in [5, 5.41) is 6.66. The van der Waals surface area contributed by atoms with Gasteiger partial charge < -0.3 is 25.0 Å². The fraction of sp³-hybridized carbons (Fsp3) is 0.381. The number of methoxy groups -OCH3 is 1. The van der Waals surface area contributed by atoms with Crippen molar-refractivity contribution < 1.29 is 9.47 Å². The van der Waals surface area contributed by atoms with Crippen LogP contribution in [0.1, 0.15) is 18.1 Å². The summed E-state index contributed by atoms with van der Waals surface area (Å²) in [6.07, 6.45) is 0. The number of guanidine groups is 1. The van der Waals surface area contributed by atoms with Crippen molar-refractivity contribution in [1.82, 2.24) is 5.32 Å². The van der Waals surface area contributed by atoms with Crippen LogP contribution in [0.15, 0.2) is 41.4 Å². The molecule has 0 saturated carbocycles. The van der Waals surface area contributed by atoms with Crippen molar-refractivity contribution >= 4 is 41.3 Å². The minimum absolute atomic E-state index is 0. The maximum Gasteiger partial charge on any atom is 0.195 e. The van der Waals surface area contributed by atoms with E-state index in [0.29, 0.717) is 24.9 Å². The van der Waals surface area contributed by atoms with E-state index in [1.807, 2.05) is 25.1 Å². The molecule has 2 aromatic rings. The molecule has 0 spiro atoms. The molecule has 0 amide bonds. The third kappa shape index (κ3) is 6.47. The molecular formula is C21H31IN4O2. The summed E-state index contributed by atoms with van der Waals surface area (Å²) >= 11 is 0. The van der Waals surface area contributed by atoms with Gasteiger partial charge in [-0.05, 0) is 43.2 Å². The van der Waals surface area contributed by atoms with Gasteiger partial charge in [0.25, 0.3) is 0 Å². The first-order chi connectivity index (χ1) is 13.0. The fourth-order valence-electron chi connectivity index (χ4n) is 2.75. The Labute approximate surface area is 185 Å². The summed E-state index contributed by atoms with van der Waals surface area (Å²) in [5.41, 5.74) is 4.52. The van der Waals surface area contributed by atoms with E-state index < -0.39 is 0 Å². The molecule has 0 aliphatic heterocycles. The lowest BCUT2D eigenvalue weighted by Gasteiger charge is -2.20. The number of ether oxygens (including phenoxy) is 2. The molecule has 2 N–H and O–H groups in total. The molecule has 6 nitrogen and oxygen atoms in total. The zero-order valence-electron chi connectivity index (χ0n) is 17.5. The van der Waals surface area contributed by atoms with Crippen LogP contribution in [0, 0.1) is 6.92 Å². The topological polar surface area (TPSA) is 58.1 Å². The Morgan fingerprint density at radius 3 is 2.46 bits per heavy atom. The van der Waals surface area contributed by atoms with Crippen molar-refractivity contribution in [1.29, 1.82) is 0 Å². The van der Waals surface area contributed by atoms with Gasteiger partial charge in [0.05, 0.1) is 13.7 Å². The van der Waals surface area contributed by atoms with E-state index in [4.69, 9.17) is 9.47 Å². The maximum atomic E-state index is 5.56. The van der Waals surface area contributed by atoms with Crippen LogP contribution >= 0.6 is 24.0 Å². The van der Waals surface area contributed by atoms with Crippen molar-refractivity contribution in [3.05, 3.63) is 47.5 Å². The molecule has 0 fully saturated rings. The summed E-state index contributed by atoms with van der Waals surface area (Å²) in [5.74, 6) is 2.10. The smallest absolute Gasteiger partial charge is 0.195 e. The van der Waals surface area contributed by atoms with Gasteiger partial charge in [-0.25, -0.2) is 0 Å². The van der Waals surface area contributed by atoms with Gasteiger partial charge in [0.1, 0.15) is 0 Å². The first-order valence-corrected chi connectivity index (χ1v) is 9.03. The molecule has 0 aliphatic rings. The van der Waals surface area contributed by atoms with Gasteiger partial charge in [0.2, 0.25) is 0 Å². The minimum atomic E-state index is 0. The molecule has 154 valence electrons. The highest BCUT2D eigenvalue weighted by molar-refractivity contribution is 14.0. The molecular weight excluding hydrogens is 467 g/mol. The minimum Gasteiger partial charge on any atom is -0.493 e. The van der Waals surface area contributed by atoms with E-state index in [9.17, 15) is 0 Å². The molecule has 7 heteroatoms. The number of aliphatic imine (C=N–C) groups is 1. The fourth-order valence-corrected chi connectivity index (χ4v) is 2.75. The molecule has 0 bridgehead atoms. The average molecular weight is 498 g/mol. The molecule has 0 aromatic heterocycles. The van der Waals surface area contributed by atoms with Gasteiger partial charge in [-0.15, -0.1) is 24.0 Å². The second-order valence-electron chi connectivity index (χ2n) is 6.38.